The van der Waals surface area contributed by atoms with E-state index in [0.29, 0.717) is 25.9 Å². The highest BCUT2D eigenvalue weighted by Gasteiger charge is 2.32. The number of amides is 2. The first-order valence-electron chi connectivity index (χ1n) is 7.64. The van der Waals surface area contributed by atoms with Crippen molar-refractivity contribution in [2.75, 3.05) is 38.2 Å². The Morgan fingerprint density at radius 2 is 1.86 bits per heavy atom. The van der Waals surface area contributed by atoms with Gasteiger partial charge in [-0.3, -0.25) is 9.59 Å². The molecule has 1 aromatic carbocycles. The second-order valence-corrected chi connectivity index (χ2v) is 5.67. The van der Waals surface area contributed by atoms with Crippen molar-refractivity contribution in [3.8, 4) is 5.75 Å². The summed E-state index contributed by atoms with van der Waals surface area (Å²) >= 11 is 0. The number of ether oxygens (including phenoxy) is 1. The fourth-order valence-electron chi connectivity index (χ4n) is 3.00. The van der Waals surface area contributed by atoms with Crippen LogP contribution >= 0.6 is 0 Å². The third-order valence-electron chi connectivity index (χ3n) is 4.32. The lowest BCUT2D eigenvalue weighted by atomic mass is 10.1. The molecule has 1 aromatic rings. The molecule has 2 fully saturated rings. The van der Waals surface area contributed by atoms with E-state index in [9.17, 15) is 9.59 Å². The van der Waals surface area contributed by atoms with E-state index in [1.807, 2.05) is 29.2 Å². The van der Waals surface area contributed by atoms with E-state index < -0.39 is 0 Å². The van der Waals surface area contributed by atoms with Crippen molar-refractivity contribution in [1.29, 1.82) is 0 Å². The molecule has 118 valence electrons. The second-order valence-electron chi connectivity index (χ2n) is 5.67. The van der Waals surface area contributed by atoms with E-state index in [0.717, 1.165) is 24.5 Å². The summed E-state index contributed by atoms with van der Waals surface area (Å²) in [4.78, 5) is 27.7. The van der Waals surface area contributed by atoms with Gasteiger partial charge in [-0.15, -0.1) is 0 Å². The number of anilines is 1. The van der Waals surface area contributed by atoms with Gasteiger partial charge in [0.25, 0.3) is 0 Å². The molecule has 0 saturated carbocycles. The fraction of sp³-hybridized carbons (Fsp3) is 0.500. The zero-order chi connectivity index (χ0) is 15.5. The molecular weight excluding hydrogens is 282 g/mol. The lowest BCUT2D eigenvalue weighted by molar-refractivity contribution is -0.134. The van der Waals surface area contributed by atoms with E-state index in [1.165, 1.54) is 0 Å². The standard InChI is InChI=1S/C16H21N3O3/c1-22-13-4-2-12(3-5-13)18-8-10-19(11-9-18)16(21)14-6-7-15(20)17-14/h2-5,14H,6-11H2,1H3,(H,17,20). The number of methoxy groups -OCH3 is 1. The van der Waals surface area contributed by atoms with Crippen LogP contribution in [0.15, 0.2) is 24.3 Å². The number of hydrogen-bond donors (Lipinski definition) is 1. The first-order valence-corrected chi connectivity index (χ1v) is 7.64. The van der Waals surface area contributed by atoms with Gasteiger partial charge in [0.05, 0.1) is 7.11 Å². The predicted octanol–water partition coefficient (Wildman–Crippen LogP) is 0.622. The van der Waals surface area contributed by atoms with Crippen molar-refractivity contribution in [1.82, 2.24) is 10.2 Å². The van der Waals surface area contributed by atoms with Gasteiger partial charge in [-0.05, 0) is 30.7 Å². The van der Waals surface area contributed by atoms with Crippen LogP contribution in [0, 0.1) is 0 Å². The van der Waals surface area contributed by atoms with Crippen molar-refractivity contribution in [3.05, 3.63) is 24.3 Å². The van der Waals surface area contributed by atoms with Crippen LogP contribution in [0.3, 0.4) is 0 Å². The molecule has 0 aliphatic carbocycles. The minimum atomic E-state index is -0.319. The number of nitrogens with zero attached hydrogens (tertiary/aromatic N) is 2. The van der Waals surface area contributed by atoms with Crippen LogP contribution < -0.4 is 15.0 Å². The highest BCUT2D eigenvalue weighted by atomic mass is 16.5. The summed E-state index contributed by atoms with van der Waals surface area (Å²) in [6.07, 6.45) is 1.08. The van der Waals surface area contributed by atoms with E-state index in [2.05, 4.69) is 10.2 Å². The number of hydrogen-bond acceptors (Lipinski definition) is 4. The van der Waals surface area contributed by atoms with Gasteiger partial charge in [-0.1, -0.05) is 0 Å². The van der Waals surface area contributed by atoms with Crippen LogP contribution in [0.25, 0.3) is 0 Å². The Bertz CT molecular complexity index is 550. The highest BCUT2D eigenvalue weighted by molar-refractivity contribution is 5.90. The molecule has 0 bridgehead atoms. The maximum atomic E-state index is 12.3. The molecule has 0 spiro atoms. The minimum absolute atomic E-state index is 0.0183. The van der Waals surface area contributed by atoms with Crippen LogP contribution in [0.2, 0.25) is 0 Å². The summed E-state index contributed by atoms with van der Waals surface area (Å²) in [6, 6.07) is 7.64. The van der Waals surface area contributed by atoms with Crippen LogP contribution in [0.4, 0.5) is 5.69 Å². The van der Waals surface area contributed by atoms with Gasteiger partial charge in [0, 0.05) is 38.3 Å². The molecule has 6 nitrogen and oxygen atoms in total. The van der Waals surface area contributed by atoms with E-state index in [-0.39, 0.29) is 17.9 Å². The predicted molar refractivity (Wildman–Crippen MR) is 83.0 cm³/mol. The average molecular weight is 303 g/mol. The molecule has 6 heteroatoms. The Kier molecular flexibility index (Phi) is 4.18. The van der Waals surface area contributed by atoms with Crippen LogP contribution in [-0.4, -0.2) is 56.0 Å². The monoisotopic (exact) mass is 303 g/mol. The number of piperazine rings is 1. The molecule has 2 amide bonds. The number of carbonyl (C=O) groups is 2. The fourth-order valence-corrected chi connectivity index (χ4v) is 3.00. The lowest BCUT2D eigenvalue weighted by Gasteiger charge is -2.37. The van der Waals surface area contributed by atoms with Crippen LogP contribution in [-0.2, 0) is 9.59 Å². The van der Waals surface area contributed by atoms with Gasteiger partial charge in [-0.2, -0.15) is 0 Å². The highest BCUT2D eigenvalue weighted by Crippen LogP contribution is 2.21. The molecule has 2 heterocycles. The molecule has 2 saturated heterocycles. The molecule has 0 aromatic heterocycles. The first kappa shape index (κ1) is 14.7. The van der Waals surface area contributed by atoms with Gasteiger partial charge in [-0.25, -0.2) is 0 Å². The maximum absolute atomic E-state index is 12.3. The lowest BCUT2D eigenvalue weighted by Crippen LogP contribution is -2.53. The second kappa shape index (κ2) is 6.25. The van der Waals surface area contributed by atoms with Gasteiger partial charge in [0.15, 0.2) is 0 Å². The van der Waals surface area contributed by atoms with Crippen LogP contribution in [0.1, 0.15) is 12.8 Å². The topological polar surface area (TPSA) is 61.9 Å². The van der Waals surface area contributed by atoms with E-state index in [4.69, 9.17) is 4.74 Å². The summed E-state index contributed by atoms with van der Waals surface area (Å²) in [5, 5.41) is 2.75. The Morgan fingerprint density at radius 1 is 1.18 bits per heavy atom. The van der Waals surface area contributed by atoms with Gasteiger partial charge >= 0.3 is 0 Å². The molecule has 2 aliphatic heterocycles. The molecule has 1 N–H and O–H groups in total. The number of benzene rings is 1. The summed E-state index contributed by atoms with van der Waals surface area (Å²) in [5.74, 6) is 0.880. The number of carbonyl (C=O) groups excluding carboxylic acids is 2. The molecule has 0 radical (unpaired) electrons. The van der Waals surface area contributed by atoms with Crippen LogP contribution in [0.5, 0.6) is 5.75 Å². The summed E-state index contributed by atoms with van der Waals surface area (Å²) in [7, 11) is 1.65. The number of nitrogens with one attached hydrogen (secondary N) is 1. The zero-order valence-corrected chi connectivity index (χ0v) is 12.7. The molecule has 22 heavy (non-hydrogen) atoms. The first-order chi connectivity index (χ1) is 10.7. The van der Waals surface area contributed by atoms with Crippen molar-refractivity contribution < 1.29 is 14.3 Å². The Balaban J connectivity index is 1.55. The Labute approximate surface area is 130 Å². The summed E-state index contributed by atoms with van der Waals surface area (Å²) < 4.78 is 5.16. The third kappa shape index (κ3) is 3.00. The molecule has 3 rings (SSSR count). The van der Waals surface area contributed by atoms with Crippen molar-refractivity contribution >= 4 is 17.5 Å². The molecule has 1 atom stereocenters. The smallest absolute Gasteiger partial charge is 0.245 e. The Hall–Kier alpha value is -2.24. The van der Waals surface area contributed by atoms with Gasteiger partial charge < -0.3 is 19.9 Å². The molecule has 1 unspecified atom stereocenters. The zero-order valence-electron chi connectivity index (χ0n) is 12.7. The Morgan fingerprint density at radius 3 is 2.41 bits per heavy atom. The molecular formula is C16H21N3O3. The van der Waals surface area contributed by atoms with Crippen molar-refractivity contribution in [3.63, 3.8) is 0 Å². The molecule has 2 aliphatic rings. The third-order valence-corrected chi connectivity index (χ3v) is 4.32. The maximum Gasteiger partial charge on any atom is 0.245 e. The largest absolute Gasteiger partial charge is 0.497 e. The summed E-state index contributed by atoms with van der Waals surface area (Å²) in [6.45, 7) is 2.99. The quantitative estimate of drug-likeness (QED) is 0.889. The van der Waals surface area contributed by atoms with E-state index >= 15 is 0 Å². The van der Waals surface area contributed by atoms with E-state index in [1.54, 1.807) is 7.11 Å². The average Bonchev–Trinajstić information content (AvgIpc) is 3.01. The van der Waals surface area contributed by atoms with Gasteiger partial charge in [0.2, 0.25) is 11.8 Å². The van der Waals surface area contributed by atoms with Crippen molar-refractivity contribution in [2.45, 2.75) is 18.9 Å². The minimum Gasteiger partial charge on any atom is -0.497 e. The normalized spacial score (nSPS) is 21.7. The van der Waals surface area contributed by atoms with Crippen molar-refractivity contribution in [2.24, 2.45) is 0 Å². The SMILES string of the molecule is COc1ccc(N2CCN(C(=O)C3CCC(=O)N3)CC2)cc1. The van der Waals surface area contributed by atoms with Gasteiger partial charge in [0.1, 0.15) is 11.8 Å². The summed E-state index contributed by atoms with van der Waals surface area (Å²) in [5.41, 5.74) is 1.14. The number of rotatable bonds is 3.